The van der Waals surface area contributed by atoms with Crippen LogP contribution in [0.1, 0.15) is 25.3 Å². The van der Waals surface area contributed by atoms with E-state index in [1.807, 2.05) is 13.0 Å². The first-order valence-corrected chi connectivity index (χ1v) is 5.19. The summed E-state index contributed by atoms with van der Waals surface area (Å²) in [6.45, 7) is 4.24. The molecule has 2 unspecified atom stereocenters. The van der Waals surface area contributed by atoms with Crippen molar-refractivity contribution in [3.63, 3.8) is 0 Å². The lowest BCUT2D eigenvalue weighted by Gasteiger charge is -2.06. The monoisotopic (exact) mass is 191 g/mol. The molecule has 3 N–H and O–H groups in total. The highest BCUT2D eigenvalue weighted by molar-refractivity contribution is 5.51. The third-order valence-electron chi connectivity index (χ3n) is 2.93. The number of aryl methyl sites for hydroxylation is 1. The van der Waals surface area contributed by atoms with E-state index in [1.165, 1.54) is 12.8 Å². The Hall–Kier alpha value is -1.25. The zero-order valence-corrected chi connectivity index (χ0v) is 8.75. The van der Waals surface area contributed by atoms with Crippen LogP contribution in [-0.2, 0) is 0 Å². The highest BCUT2D eigenvalue weighted by Crippen LogP contribution is 2.35. The highest BCUT2D eigenvalue weighted by Gasteiger charge is 2.35. The average molecular weight is 191 g/mol. The number of rotatable bonds is 3. The molecule has 1 heterocycles. The van der Waals surface area contributed by atoms with Crippen molar-refractivity contribution in [1.29, 1.82) is 0 Å². The number of hydrogen-bond acceptors (Lipinski definition) is 3. The molecular formula is C11H17N3. The second-order valence-corrected chi connectivity index (χ2v) is 4.08. The fraction of sp³-hybridized carbons (Fsp3) is 0.545. The molecule has 2 atom stereocenters. The molecule has 3 heteroatoms. The summed E-state index contributed by atoms with van der Waals surface area (Å²) in [5.41, 5.74) is 7.55. The molecule has 1 aromatic heterocycles. The van der Waals surface area contributed by atoms with Crippen molar-refractivity contribution < 1.29 is 0 Å². The van der Waals surface area contributed by atoms with Crippen LogP contribution in [0.25, 0.3) is 0 Å². The van der Waals surface area contributed by atoms with Crippen LogP contribution in [0, 0.1) is 12.8 Å². The predicted molar refractivity (Wildman–Crippen MR) is 59.2 cm³/mol. The average Bonchev–Trinajstić information content (AvgIpc) is 2.90. The van der Waals surface area contributed by atoms with E-state index in [1.54, 1.807) is 6.20 Å². The number of nitrogens with two attached hydrogens (primary N) is 1. The Balaban J connectivity index is 2.00. The highest BCUT2D eigenvalue weighted by atomic mass is 15.0. The van der Waals surface area contributed by atoms with Gasteiger partial charge in [0.25, 0.3) is 0 Å². The number of aromatic nitrogens is 1. The second kappa shape index (κ2) is 3.48. The topological polar surface area (TPSA) is 50.9 Å². The van der Waals surface area contributed by atoms with E-state index in [2.05, 4.69) is 17.2 Å². The van der Waals surface area contributed by atoms with Crippen LogP contribution in [0.15, 0.2) is 12.3 Å². The van der Waals surface area contributed by atoms with Gasteiger partial charge < -0.3 is 11.1 Å². The summed E-state index contributed by atoms with van der Waals surface area (Å²) in [7, 11) is 0. The van der Waals surface area contributed by atoms with E-state index >= 15 is 0 Å². The van der Waals surface area contributed by atoms with Crippen LogP contribution in [0.5, 0.6) is 0 Å². The Morgan fingerprint density at radius 2 is 2.43 bits per heavy atom. The van der Waals surface area contributed by atoms with Crippen molar-refractivity contribution in [1.82, 2.24) is 4.98 Å². The van der Waals surface area contributed by atoms with Crippen molar-refractivity contribution >= 4 is 11.5 Å². The van der Waals surface area contributed by atoms with Crippen molar-refractivity contribution in [3.05, 3.63) is 17.8 Å². The van der Waals surface area contributed by atoms with Crippen molar-refractivity contribution in [2.24, 2.45) is 5.92 Å². The van der Waals surface area contributed by atoms with Gasteiger partial charge in [-0.25, -0.2) is 4.98 Å². The fourth-order valence-corrected chi connectivity index (χ4v) is 1.71. The van der Waals surface area contributed by atoms with Gasteiger partial charge in [-0.2, -0.15) is 0 Å². The third-order valence-corrected chi connectivity index (χ3v) is 2.93. The summed E-state index contributed by atoms with van der Waals surface area (Å²) < 4.78 is 0. The third kappa shape index (κ3) is 1.81. The zero-order valence-electron chi connectivity index (χ0n) is 8.75. The van der Waals surface area contributed by atoms with E-state index < -0.39 is 0 Å². The van der Waals surface area contributed by atoms with Gasteiger partial charge in [-0.15, -0.1) is 0 Å². The van der Waals surface area contributed by atoms with Crippen LogP contribution in [0.3, 0.4) is 0 Å². The van der Waals surface area contributed by atoms with E-state index in [-0.39, 0.29) is 0 Å². The molecule has 76 valence electrons. The summed E-state index contributed by atoms with van der Waals surface area (Å²) in [5, 5.41) is 3.42. The molecule has 3 nitrogen and oxygen atoms in total. The SMILES string of the molecule is CCC1CC1Nc1cc(C)c(N)cn1. The van der Waals surface area contributed by atoms with Gasteiger partial charge in [0.15, 0.2) is 0 Å². The normalized spacial score (nSPS) is 24.7. The number of pyridine rings is 1. The van der Waals surface area contributed by atoms with Crippen molar-refractivity contribution in [2.45, 2.75) is 32.7 Å². The smallest absolute Gasteiger partial charge is 0.126 e. The number of nitrogen functional groups attached to an aromatic ring is 1. The van der Waals surface area contributed by atoms with Crippen LogP contribution in [0.4, 0.5) is 11.5 Å². The lowest BCUT2D eigenvalue weighted by molar-refractivity contribution is 0.773. The van der Waals surface area contributed by atoms with E-state index in [9.17, 15) is 0 Å². The first-order chi connectivity index (χ1) is 6.70. The van der Waals surface area contributed by atoms with Crippen molar-refractivity contribution in [3.8, 4) is 0 Å². The molecule has 0 amide bonds. The molecule has 0 spiro atoms. The zero-order chi connectivity index (χ0) is 10.1. The molecular weight excluding hydrogens is 174 g/mol. The maximum atomic E-state index is 5.70. The Morgan fingerprint density at radius 1 is 1.64 bits per heavy atom. The predicted octanol–water partition coefficient (Wildman–Crippen LogP) is 2.18. The van der Waals surface area contributed by atoms with Gasteiger partial charge in [0.2, 0.25) is 0 Å². The van der Waals surface area contributed by atoms with Gasteiger partial charge in [0.1, 0.15) is 5.82 Å². The number of nitrogens with zero attached hydrogens (tertiary/aromatic N) is 1. The molecule has 2 rings (SSSR count). The Morgan fingerprint density at radius 3 is 3.00 bits per heavy atom. The number of nitrogens with one attached hydrogen (secondary N) is 1. The maximum absolute atomic E-state index is 5.70. The molecule has 0 bridgehead atoms. The lowest BCUT2D eigenvalue weighted by atomic mass is 10.2. The summed E-state index contributed by atoms with van der Waals surface area (Å²) in [5.74, 6) is 1.80. The Labute approximate surface area is 84.7 Å². The number of anilines is 2. The molecule has 14 heavy (non-hydrogen) atoms. The lowest BCUT2D eigenvalue weighted by Crippen LogP contribution is -2.06. The minimum Gasteiger partial charge on any atom is -0.397 e. The van der Waals surface area contributed by atoms with Crippen LogP contribution < -0.4 is 11.1 Å². The fourth-order valence-electron chi connectivity index (χ4n) is 1.71. The van der Waals surface area contributed by atoms with Crippen molar-refractivity contribution in [2.75, 3.05) is 11.1 Å². The molecule has 0 aromatic carbocycles. The molecule has 1 aliphatic carbocycles. The largest absolute Gasteiger partial charge is 0.397 e. The molecule has 0 radical (unpaired) electrons. The molecule has 1 saturated carbocycles. The first-order valence-electron chi connectivity index (χ1n) is 5.19. The van der Waals surface area contributed by atoms with E-state index in [0.717, 1.165) is 23.0 Å². The minimum atomic E-state index is 0.635. The molecule has 1 fully saturated rings. The molecule has 0 saturated heterocycles. The van der Waals surface area contributed by atoms with Gasteiger partial charge >= 0.3 is 0 Å². The van der Waals surface area contributed by atoms with Gasteiger partial charge in [0, 0.05) is 6.04 Å². The molecule has 1 aromatic rings. The van der Waals surface area contributed by atoms with Crippen LogP contribution in [-0.4, -0.2) is 11.0 Å². The summed E-state index contributed by atoms with van der Waals surface area (Å²) in [6.07, 6.45) is 4.26. The summed E-state index contributed by atoms with van der Waals surface area (Å²) in [4.78, 5) is 4.25. The van der Waals surface area contributed by atoms with Crippen LogP contribution in [0.2, 0.25) is 0 Å². The molecule has 1 aliphatic rings. The second-order valence-electron chi connectivity index (χ2n) is 4.08. The van der Waals surface area contributed by atoms with Gasteiger partial charge in [-0.05, 0) is 30.9 Å². The number of hydrogen-bond donors (Lipinski definition) is 2. The minimum absolute atomic E-state index is 0.635. The van der Waals surface area contributed by atoms with E-state index in [4.69, 9.17) is 5.73 Å². The summed E-state index contributed by atoms with van der Waals surface area (Å²) in [6, 6.07) is 2.65. The first kappa shape index (κ1) is 9.31. The summed E-state index contributed by atoms with van der Waals surface area (Å²) >= 11 is 0. The van der Waals surface area contributed by atoms with Gasteiger partial charge in [-0.1, -0.05) is 13.3 Å². The van der Waals surface area contributed by atoms with Crippen LogP contribution >= 0.6 is 0 Å². The van der Waals surface area contributed by atoms with Gasteiger partial charge in [-0.3, -0.25) is 0 Å². The molecule has 0 aliphatic heterocycles. The van der Waals surface area contributed by atoms with Gasteiger partial charge in [0.05, 0.1) is 11.9 Å². The standard InChI is InChI=1S/C11H17N3/c1-3-8-5-10(8)14-11-4-7(2)9(12)6-13-11/h4,6,8,10H,3,5,12H2,1-2H3,(H,13,14). The maximum Gasteiger partial charge on any atom is 0.126 e. The van der Waals surface area contributed by atoms with E-state index in [0.29, 0.717) is 6.04 Å². The quantitative estimate of drug-likeness (QED) is 0.770. The Kier molecular flexibility index (Phi) is 2.32. The Bertz CT molecular complexity index is 335.